The van der Waals surface area contributed by atoms with Crippen molar-refractivity contribution in [1.29, 1.82) is 0 Å². The van der Waals surface area contributed by atoms with Gasteiger partial charge in [-0.25, -0.2) is 8.42 Å². The number of sulfonamides is 1. The van der Waals surface area contributed by atoms with Crippen molar-refractivity contribution in [2.75, 3.05) is 13.1 Å². The number of H-pyrrole nitrogens is 1. The molecule has 8 nitrogen and oxygen atoms in total. The Bertz CT molecular complexity index is 808. The zero-order valence-electron chi connectivity index (χ0n) is 15.1. The first-order valence-electron chi connectivity index (χ1n) is 8.47. The van der Waals surface area contributed by atoms with Crippen molar-refractivity contribution in [2.45, 2.75) is 58.0 Å². The van der Waals surface area contributed by atoms with Gasteiger partial charge in [0.2, 0.25) is 10.0 Å². The Morgan fingerprint density at radius 2 is 1.88 bits per heavy atom. The minimum Gasteiger partial charge on any atom is -0.361 e. The van der Waals surface area contributed by atoms with Crippen LogP contribution in [0.25, 0.3) is 0 Å². The third-order valence-corrected chi connectivity index (χ3v) is 7.02. The topological polar surface area (TPSA) is 104 Å². The molecule has 2 aromatic heterocycles. The van der Waals surface area contributed by atoms with E-state index in [2.05, 4.69) is 20.7 Å². The van der Waals surface area contributed by atoms with Crippen LogP contribution in [0.15, 0.2) is 9.42 Å². The molecule has 138 valence electrons. The molecule has 1 aliphatic heterocycles. The van der Waals surface area contributed by atoms with Crippen LogP contribution >= 0.6 is 0 Å². The van der Waals surface area contributed by atoms with Gasteiger partial charge in [-0.15, -0.1) is 0 Å². The summed E-state index contributed by atoms with van der Waals surface area (Å²) in [5.74, 6) is 0.830. The number of aromatic nitrogens is 3. The molecule has 0 saturated carbocycles. The minimum absolute atomic E-state index is 0.284. The van der Waals surface area contributed by atoms with Gasteiger partial charge in [-0.3, -0.25) is 5.10 Å². The van der Waals surface area contributed by atoms with Gasteiger partial charge in [0, 0.05) is 31.2 Å². The van der Waals surface area contributed by atoms with Crippen LogP contribution < -0.4 is 5.32 Å². The van der Waals surface area contributed by atoms with E-state index in [4.69, 9.17) is 4.52 Å². The van der Waals surface area contributed by atoms with Gasteiger partial charge in [-0.1, -0.05) is 5.16 Å². The number of piperidine rings is 1. The Hall–Kier alpha value is -1.71. The van der Waals surface area contributed by atoms with Crippen LogP contribution in [-0.2, 0) is 16.6 Å². The number of hydrogen-bond acceptors (Lipinski definition) is 6. The van der Waals surface area contributed by atoms with Crippen molar-refractivity contribution < 1.29 is 12.9 Å². The van der Waals surface area contributed by atoms with Gasteiger partial charge in [0.15, 0.2) is 0 Å². The molecule has 1 aliphatic rings. The molecule has 3 heterocycles. The molecule has 1 saturated heterocycles. The zero-order valence-corrected chi connectivity index (χ0v) is 15.9. The van der Waals surface area contributed by atoms with E-state index in [1.807, 2.05) is 13.8 Å². The maximum Gasteiger partial charge on any atom is 0.246 e. The summed E-state index contributed by atoms with van der Waals surface area (Å²) in [6.45, 7) is 9.00. The lowest BCUT2D eigenvalue weighted by atomic mass is 10.1. The van der Waals surface area contributed by atoms with E-state index < -0.39 is 10.0 Å². The molecule has 0 bridgehead atoms. The average molecular weight is 367 g/mol. The molecule has 2 N–H and O–H groups in total. The van der Waals surface area contributed by atoms with Crippen LogP contribution in [0.4, 0.5) is 0 Å². The highest BCUT2D eigenvalue weighted by Crippen LogP contribution is 2.25. The Labute approximate surface area is 148 Å². The number of aromatic amines is 1. The fraction of sp³-hybridized carbons (Fsp3) is 0.625. The first-order valence-corrected chi connectivity index (χ1v) is 9.91. The van der Waals surface area contributed by atoms with E-state index in [0.29, 0.717) is 35.9 Å². The summed E-state index contributed by atoms with van der Waals surface area (Å²) < 4.78 is 32.4. The van der Waals surface area contributed by atoms with Crippen LogP contribution in [0.1, 0.15) is 41.2 Å². The van der Waals surface area contributed by atoms with Gasteiger partial charge in [0.1, 0.15) is 10.7 Å². The summed E-state index contributed by atoms with van der Waals surface area (Å²) in [5, 5.41) is 14.2. The summed E-state index contributed by atoms with van der Waals surface area (Å²) in [6, 6.07) is 0.284. The SMILES string of the molecule is Cc1noc(C)c1CNC1CCN(S(=O)(=O)c2c(C)n[nH]c2C)CC1. The molecule has 9 heteroatoms. The second-order valence-electron chi connectivity index (χ2n) is 6.63. The van der Waals surface area contributed by atoms with Crippen molar-refractivity contribution in [2.24, 2.45) is 0 Å². The average Bonchev–Trinajstić information content (AvgIpc) is 3.08. The summed E-state index contributed by atoms with van der Waals surface area (Å²) in [6.07, 6.45) is 1.55. The first kappa shape index (κ1) is 18.1. The first-order chi connectivity index (χ1) is 11.8. The number of nitrogens with one attached hydrogen (secondary N) is 2. The molecule has 3 rings (SSSR count). The number of hydrogen-bond donors (Lipinski definition) is 2. The van der Waals surface area contributed by atoms with E-state index in [9.17, 15) is 8.42 Å². The van der Waals surface area contributed by atoms with Gasteiger partial charge in [0.25, 0.3) is 0 Å². The predicted molar refractivity (Wildman–Crippen MR) is 92.7 cm³/mol. The molecule has 2 aromatic rings. The van der Waals surface area contributed by atoms with Gasteiger partial charge in [-0.2, -0.15) is 9.40 Å². The smallest absolute Gasteiger partial charge is 0.246 e. The highest BCUT2D eigenvalue weighted by Gasteiger charge is 2.32. The number of aryl methyl sites for hydroxylation is 4. The maximum atomic E-state index is 12.9. The van der Waals surface area contributed by atoms with Gasteiger partial charge in [0.05, 0.1) is 17.1 Å². The molecule has 0 aliphatic carbocycles. The quantitative estimate of drug-likeness (QED) is 0.831. The van der Waals surface area contributed by atoms with E-state index in [1.54, 1.807) is 18.2 Å². The van der Waals surface area contributed by atoms with Gasteiger partial charge < -0.3 is 9.84 Å². The monoisotopic (exact) mass is 367 g/mol. The van der Waals surface area contributed by atoms with Crippen LogP contribution in [0.5, 0.6) is 0 Å². The Kier molecular flexibility index (Phi) is 4.99. The Balaban J connectivity index is 1.60. The molecular weight excluding hydrogens is 342 g/mol. The van der Waals surface area contributed by atoms with Crippen molar-refractivity contribution in [1.82, 2.24) is 25.0 Å². The van der Waals surface area contributed by atoms with E-state index >= 15 is 0 Å². The van der Waals surface area contributed by atoms with Crippen LogP contribution in [0.2, 0.25) is 0 Å². The molecule has 0 atom stereocenters. The summed E-state index contributed by atoms with van der Waals surface area (Å²) in [4.78, 5) is 0.314. The van der Waals surface area contributed by atoms with Crippen LogP contribution in [0, 0.1) is 27.7 Å². The summed E-state index contributed by atoms with van der Waals surface area (Å²) >= 11 is 0. The lowest BCUT2D eigenvalue weighted by molar-refractivity contribution is 0.288. The predicted octanol–water partition coefficient (Wildman–Crippen LogP) is 1.57. The second kappa shape index (κ2) is 6.89. The van der Waals surface area contributed by atoms with Crippen molar-refractivity contribution in [3.05, 3.63) is 28.4 Å². The van der Waals surface area contributed by atoms with E-state index in [1.165, 1.54) is 0 Å². The molecule has 0 aromatic carbocycles. The van der Waals surface area contributed by atoms with E-state index in [0.717, 1.165) is 29.9 Å². The molecule has 25 heavy (non-hydrogen) atoms. The molecule has 1 fully saturated rings. The minimum atomic E-state index is -3.49. The Morgan fingerprint density at radius 1 is 1.20 bits per heavy atom. The maximum absolute atomic E-state index is 12.9. The molecular formula is C16H25N5O3S. The normalized spacial score (nSPS) is 17.3. The summed E-state index contributed by atoms with van der Waals surface area (Å²) in [5.41, 5.74) is 3.10. The molecule has 0 amide bonds. The van der Waals surface area contributed by atoms with Gasteiger partial charge >= 0.3 is 0 Å². The third-order valence-electron chi connectivity index (χ3n) is 4.86. The van der Waals surface area contributed by atoms with Gasteiger partial charge in [-0.05, 0) is 40.5 Å². The number of rotatable bonds is 5. The fourth-order valence-corrected chi connectivity index (χ4v) is 5.15. The molecule has 0 spiro atoms. The molecule has 0 unspecified atom stereocenters. The third kappa shape index (κ3) is 3.49. The van der Waals surface area contributed by atoms with Crippen molar-refractivity contribution >= 4 is 10.0 Å². The molecule has 0 radical (unpaired) electrons. The van der Waals surface area contributed by atoms with Crippen LogP contribution in [-0.4, -0.2) is 47.2 Å². The largest absolute Gasteiger partial charge is 0.361 e. The van der Waals surface area contributed by atoms with Crippen LogP contribution in [0.3, 0.4) is 0 Å². The second-order valence-corrected chi connectivity index (χ2v) is 8.50. The fourth-order valence-electron chi connectivity index (χ4n) is 3.35. The number of nitrogens with zero attached hydrogens (tertiary/aromatic N) is 3. The lowest BCUT2D eigenvalue weighted by Crippen LogP contribution is -2.44. The van der Waals surface area contributed by atoms with E-state index in [-0.39, 0.29) is 6.04 Å². The zero-order chi connectivity index (χ0) is 18.2. The summed E-state index contributed by atoms with van der Waals surface area (Å²) in [7, 11) is -3.49. The van der Waals surface area contributed by atoms with Crippen molar-refractivity contribution in [3.8, 4) is 0 Å². The highest BCUT2D eigenvalue weighted by atomic mass is 32.2. The highest BCUT2D eigenvalue weighted by molar-refractivity contribution is 7.89. The lowest BCUT2D eigenvalue weighted by Gasteiger charge is -2.31. The Morgan fingerprint density at radius 3 is 2.40 bits per heavy atom. The van der Waals surface area contributed by atoms with Crippen molar-refractivity contribution in [3.63, 3.8) is 0 Å². The standard InChI is InChI=1S/C16H25N5O3S/c1-10-15(13(4)24-20-10)9-17-14-5-7-21(8-6-14)25(22,23)16-11(2)18-19-12(16)3/h14,17H,5-9H2,1-4H3,(H,18,19).